The average Bonchev–Trinajstić information content (AvgIpc) is 2.43. The van der Waals surface area contributed by atoms with Gasteiger partial charge in [0.1, 0.15) is 5.82 Å². The Hall–Kier alpha value is -1.72. The van der Waals surface area contributed by atoms with Crippen molar-refractivity contribution in [1.29, 1.82) is 0 Å². The molecule has 0 spiro atoms. The number of hydrogen-bond donors (Lipinski definition) is 1. The van der Waals surface area contributed by atoms with Crippen molar-refractivity contribution in [3.05, 3.63) is 63.9 Å². The molecule has 2 aromatic carbocycles. The number of halogens is 2. The van der Waals surface area contributed by atoms with Crippen molar-refractivity contribution in [2.75, 3.05) is 0 Å². The summed E-state index contributed by atoms with van der Waals surface area (Å²) < 4.78 is 25.5. The van der Waals surface area contributed by atoms with Gasteiger partial charge in [-0.25, -0.2) is 9.18 Å². The smallest absolute Gasteiger partial charge is 0.335 e. The van der Waals surface area contributed by atoms with Crippen molar-refractivity contribution >= 4 is 28.4 Å². The second kappa shape index (κ2) is 6.37. The number of carbonyl (C=O) groups is 1. The lowest BCUT2D eigenvalue weighted by Gasteiger charge is -2.07. The average molecular weight is 327 g/mol. The molecule has 0 aliphatic rings. The van der Waals surface area contributed by atoms with Gasteiger partial charge in [-0.2, -0.15) is 0 Å². The van der Waals surface area contributed by atoms with Crippen molar-refractivity contribution in [2.24, 2.45) is 0 Å². The maximum atomic E-state index is 13.2. The van der Waals surface area contributed by atoms with Crippen LogP contribution in [0.15, 0.2) is 41.3 Å². The Labute approximate surface area is 128 Å². The van der Waals surface area contributed by atoms with Crippen LogP contribution in [-0.2, 0) is 16.6 Å². The molecule has 0 heterocycles. The molecule has 0 radical (unpaired) electrons. The van der Waals surface area contributed by atoms with Gasteiger partial charge in [0.15, 0.2) is 0 Å². The fraction of sp³-hybridized carbons (Fsp3) is 0.133. The van der Waals surface area contributed by atoms with Crippen molar-refractivity contribution in [3.8, 4) is 0 Å². The van der Waals surface area contributed by atoms with Gasteiger partial charge in [0.05, 0.1) is 22.1 Å². The molecule has 2 rings (SSSR count). The van der Waals surface area contributed by atoms with Crippen LogP contribution in [0.2, 0.25) is 5.02 Å². The van der Waals surface area contributed by atoms with Crippen LogP contribution in [-0.4, -0.2) is 15.3 Å². The van der Waals surface area contributed by atoms with Gasteiger partial charge >= 0.3 is 5.97 Å². The second-order valence-corrected chi connectivity index (χ2v) is 6.37. The number of carboxylic acids is 1. The fourth-order valence-electron chi connectivity index (χ4n) is 1.85. The Morgan fingerprint density at radius 1 is 1.29 bits per heavy atom. The summed E-state index contributed by atoms with van der Waals surface area (Å²) in [5.74, 6) is -1.50. The normalized spacial score (nSPS) is 12.1. The van der Waals surface area contributed by atoms with Crippen molar-refractivity contribution in [1.82, 2.24) is 0 Å². The van der Waals surface area contributed by atoms with Gasteiger partial charge in [-0.15, -0.1) is 0 Å². The maximum absolute atomic E-state index is 13.2. The zero-order valence-electron chi connectivity index (χ0n) is 11.1. The predicted molar refractivity (Wildman–Crippen MR) is 79.7 cm³/mol. The molecule has 0 saturated carbocycles. The molecule has 0 amide bonds. The number of carboxylic acid groups (broad SMARTS) is 1. The highest BCUT2D eigenvalue weighted by molar-refractivity contribution is 7.84. The van der Waals surface area contributed by atoms with Crippen molar-refractivity contribution in [3.63, 3.8) is 0 Å². The lowest BCUT2D eigenvalue weighted by Crippen LogP contribution is -2.03. The Morgan fingerprint density at radius 2 is 2.00 bits per heavy atom. The van der Waals surface area contributed by atoms with Crippen LogP contribution in [0.25, 0.3) is 0 Å². The molecule has 1 atom stereocenters. The Morgan fingerprint density at radius 3 is 2.67 bits per heavy atom. The monoisotopic (exact) mass is 326 g/mol. The molecule has 0 fully saturated rings. The van der Waals surface area contributed by atoms with Crippen LogP contribution < -0.4 is 0 Å². The highest BCUT2D eigenvalue weighted by Gasteiger charge is 2.13. The summed E-state index contributed by atoms with van der Waals surface area (Å²) in [5, 5.41) is 9.40. The summed E-state index contributed by atoms with van der Waals surface area (Å²) in [4.78, 5) is 11.5. The van der Waals surface area contributed by atoms with Crippen molar-refractivity contribution in [2.45, 2.75) is 17.6 Å². The molecule has 0 saturated heterocycles. The number of rotatable bonds is 4. The summed E-state index contributed by atoms with van der Waals surface area (Å²) in [6, 6.07) is 8.44. The van der Waals surface area contributed by atoms with Crippen LogP contribution in [0.4, 0.5) is 4.39 Å². The molecule has 0 aromatic heterocycles. The third-order valence-corrected chi connectivity index (χ3v) is 4.72. The van der Waals surface area contributed by atoms with E-state index in [1.165, 1.54) is 24.3 Å². The van der Waals surface area contributed by atoms with E-state index in [9.17, 15) is 13.4 Å². The molecule has 6 heteroatoms. The largest absolute Gasteiger partial charge is 0.478 e. The summed E-state index contributed by atoms with van der Waals surface area (Å²) in [5.41, 5.74) is 1.12. The van der Waals surface area contributed by atoms with Crippen LogP contribution in [0.1, 0.15) is 21.5 Å². The SMILES string of the molecule is Cc1ccc(S(=O)Cc2cc(F)ccc2Cl)cc1C(=O)O. The highest BCUT2D eigenvalue weighted by atomic mass is 35.5. The van der Waals surface area contributed by atoms with E-state index < -0.39 is 22.6 Å². The number of hydrogen-bond acceptors (Lipinski definition) is 2. The van der Waals surface area contributed by atoms with Crippen molar-refractivity contribution < 1.29 is 18.5 Å². The molecule has 3 nitrogen and oxygen atoms in total. The van der Waals surface area contributed by atoms with Gasteiger partial charge in [0.25, 0.3) is 0 Å². The molecule has 0 aliphatic carbocycles. The Bertz CT molecular complexity index is 731. The van der Waals surface area contributed by atoms with Gasteiger partial charge in [0.2, 0.25) is 0 Å². The van der Waals surface area contributed by atoms with Gasteiger partial charge in [-0.05, 0) is 48.4 Å². The van der Waals surface area contributed by atoms with Crippen LogP contribution in [0.5, 0.6) is 0 Å². The molecular weight excluding hydrogens is 315 g/mol. The third-order valence-electron chi connectivity index (χ3n) is 3.00. The molecule has 1 unspecified atom stereocenters. The highest BCUT2D eigenvalue weighted by Crippen LogP contribution is 2.22. The second-order valence-electron chi connectivity index (χ2n) is 4.51. The lowest BCUT2D eigenvalue weighted by atomic mass is 10.1. The minimum atomic E-state index is -1.50. The molecule has 0 bridgehead atoms. The quantitative estimate of drug-likeness (QED) is 0.930. The zero-order chi connectivity index (χ0) is 15.6. The van der Waals surface area contributed by atoms with E-state index in [-0.39, 0.29) is 11.3 Å². The van der Waals surface area contributed by atoms with Crippen LogP contribution in [0, 0.1) is 12.7 Å². The predicted octanol–water partition coefficient (Wildman–Crippen LogP) is 3.79. The topological polar surface area (TPSA) is 54.4 Å². The molecule has 21 heavy (non-hydrogen) atoms. The summed E-state index contributed by atoms with van der Waals surface area (Å²) in [7, 11) is -1.50. The molecule has 1 N–H and O–H groups in total. The minimum Gasteiger partial charge on any atom is -0.478 e. The summed E-state index contributed by atoms with van der Waals surface area (Å²) >= 11 is 5.94. The van der Waals surface area contributed by atoms with Gasteiger partial charge in [-0.1, -0.05) is 17.7 Å². The first-order valence-corrected chi connectivity index (χ1v) is 7.74. The zero-order valence-corrected chi connectivity index (χ0v) is 12.7. The van der Waals surface area contributed by atoms with E-state index in [1.807, 2.05) is 0 Å². The van der Waals surface area contributed by atoms with Gasteiger partial charge in [-0.3, -0.25) is 4.21 Å². The molecule has 110 valence electrons. The van der Waals surface area contributed by atoms with E-state index in [0.29, 0.717) is 21.0 Å². The first-order chi connectivity index (χ1) is 9.88. The van der Waals surface area contributed by atoms with E-state index in [2.05, 4.69) is 0 Å². The number of aryl methyl sites for hydroxylation is 1. The molecule has 2 aromatic rings. The van der Waals surface area contributed by atoms with E-state index in [1.54, 1.807) is 19.1 Å². The van der Waals surface area contributed by atoms with Gasteiger partial charge < -0.3 is 5.11 Å². The minimum absolute atomic E-state index is 0.0265. The fourth-order valence-corrected chi connectivity index (χ4v) is 3.27. The molecular formula is C15H12ClFO3S. The van der Waals surface area contributed by atoms with E-state index >= 15 is 0 Å². The number of benzene rings is 2. The molecule has 0 aliphatic heterocycles. The Balaban J connectivity index is 2.30. The number of aromatic carboxylic acids is 1. The summed E-state index contributed by atoms with van der Waals surface area (Å²) in [6.07, 6.45) is 0. The first-order valence-electron chi connectivity index (χ1n) is 6.04. The van der Waals surface area contributed by atoms with E-state index in [0.717, 1.165) is 0 Å². The lowest BCUT2D eigenvalue weighted by molar-refractivity contribution is 0.0696. The van der Waals surface area contributed by atoms with Gasteiger partial charge in [0, 0.05) is 9.92 Å². The Kier molecular flexibility index (Phi) is 4.75. The van der Waals surface area contributed by atoms with Crippen LogP contribution in [0.3, 0.4) is 0 Å². The standard InChI is InChI=1S/C15H12ClFO3S/c1-9-2-4-12(7-13(9)15(18)19)21(20)8-10-6-11(17)3-5-14(10)16/h2-7H,8H2,1H3,(H,18,19). The third kappa shape index (κ3) is 3.68. The maximum Gasteiger partial charge on any atom is 0.335 e. The summed E-state index contributed by atoms with van der Waals surface area (Å²) in [6.45, 7) is 1.67. The van der Waals surface area contributed by atoms with Crippen LogP contribution >= 0.6 is 11.6 Å². The van der Waals surface area contributed by atoms with E-state index in [4.69, 9.17) is 16.7 Å². The first kappa shape index (κ1) is 15.7.